The summed E-state index contributed by atoms with van der Waals surface area (Å²) in [5, 5.41) is 2.93. The van der Waals surface area contributed by atoms with E-state index in [9.17, 15) is 0 Å². The van der Waals surface area contributed by atoms with E-state index in [-0.39, 0.29) is 0 Å². The van der Waals surface area contributed by atoms with Gasteiger partial charge >= 0.3 is 0 Å². The lowest BCUT2D eigenvalue weighted by molar-refractivity contribution is 1.11. The van der Waals surface area contributed by atoms with Crippen LogP contribution in [-0.2, 0) is 0 Å². The third kappa shape index (κ3) is 0.765. The van der Waals surface area contributed by atoms with Crippen LogP contribution in [0.1, 0.15) is 0 Å². The molecule has 0 unspecified atom stereocenters. The van der Waals surface area contributed by atoms with E-state index in [1.165, 1.54) is 0 Å². The van der Waals surface area contributed by atoms with E-state index in [2.05, 4.69) is 15.3 Å². The first kappa shape index (κ1) is 4.30. The average Bonchev–Trinajstić information content (AvgIpc) is 2.14. The molecule has 3 heteroatoms. The highest BCUT2D eigenvalue weighted by molar-refractivity contribution is 5.94. The molecule has 1 heterocycles. The average molecular weight is 97.1 g/mol. The van der Waals surface area contributed by atoms with Gasteiger partial charge in [0.1, 0.15) is 0 Å². The summed E-state index contributed by atoms with van der Waals surface area (Å²) in [6.45, 7) is 0.826. The summed E-state index contributed by atoms with van der Waals surface area (Å²) < 4.78 is 0. The van der Waals surface area contributed by atoms with Crippen molar-refractivity contribution in [3.05, 3.63) is 0 Å². The molecule has 0 aromatic rings. The molecule has 0 fully saturated rings. The Balaban J connectivity index is 2.59. The van der Waals surface area contributed by atoms with Gasteiger partial charge in [0.05, 0.1) is 6.54 Å². The Hall–Kier alpha value is -0.860. The largest absolute Gasteiger partial charge is 0.350 e. The van der Waals surface area contributed by atoms with E-state index in [1.807, 2.05) is 0 Å². The molecule has 0 atom stereocenters. The first-order valence-electron chi connectivity index (χ1n) is 2.16. The second kappa shape index (κ2) is 1.73. The van der Waals surface area contributed by atoms with Crippen molar-refractivity contribution in [1.29, 1.82) is 0 Å². The molecule has 38 valence electrons. The van der Waals surface area contributed by atoms with E-state index >= 15 is 0 Å². The van der Waals surface area contributed by atoms with Crippen molar-refractivity contribution >= 4 is 12.2 Å². The minimum absolute atomic E-state index is 0.736. The SMILES string of the molecule is CN=C1N=CCN1. The van der Waals surface area contributed by atoms with Gasteiger partial charge in [0.25, 0.3) is 0 Å². The second-order valence-corrected chi connectivity index (χ2v) is 1.24. The van der Waals surface area contributed by atoms with E-state index in [4.69, 9.17) is 0 Å². The smallest absolute Gasteiger partial charge is 0.217 e. The van der Waals surface area contributed by atoms with Crippen molar-refractivity contribution in [3.63, 3.8) is 0 Å². The molecule has 7 heavy (non-hydrogen) atoms. The number of guanidine groups is 1. The summed E-state index contributed by atoms with van der Waals surface area (Å²) in [5.74, 6) is 0.736. The Morgan fingerprint density at radius 1 is 2.00 bits per heavy atom. The van der Waals surface area contributed by atoms with Gasteiger partial charge in [-0.05, 0) is 0 Å². The first-order chi connectivity index (χ1) is 3.43. The topological polar surface area (TPSA) is 36.8 Å². The van der Waals surface area contributed by atoms with Gasteiger partial charge in [-0.3, -0.25) is 4.99 Å². The second-order valence-electron chi connectivity index (χ2n) is 1.24. The van der Waals surface area contributed by atoms with Crippen LogP contribution in [-0.4, -0.2) is 25.8 Å². The van der Waals surface area contributed by atoms with Crippen LogP contribution in [0.4, 0.5) is 0 Å². The zero-order valence-corrected chi connectivity index (χ0v) is 4.18. The molecule has 1 N–H and O–H groups in total. The maximum absolute atomic E-state index is 3.87. The van der Waals surface area contributed by atoms with Crippen LogP contribution >= 0.6 is 0 Å². The van der Waals surface area contributed by atoms with Gasteiger partial charge in [0.15, 0.2) is 0 Å². The summed E-state index contributed by atoms with van der Waals surface area (Å²) >= 11 is 0. The number of rotatable bonds is 0. The lowest BCUT2D eigenvalue weighted by Crippen LogP contribution is -2.14. The molecule has 0 saturated heterocycles. The monoisotopic (exact) mass is 97.1 g/mol. The minimum atomic E-state index is 0.736. The number of hydrogen-bond donors (Lipinski definition) is 1. The maximum Gasteiger partial charge on any atom is 0.217 e. The molecule has 0 radical (unpaired) electrons. The molecular weight excluding hydrogens is 90.1 g/mol. The molecule has 0 saturated carbocycles. The molecule has 0 aromatic heterocycles. The fourth-order valence-electron chi connectivity index (χ4n) is 0.451. The van der Waals surface area contributed by atoms with Crippen molar-refractivity contribution in [1.82, 2.24) is 5.32 Å². The Labute approximate surface area is 42.2 Å². The van der Waals surface area contributed by atoms with Crippen molar-refractivity contribution in [3.8, 4) is 0 Å². The molecule has 0 spiro atoms. The van der Waals surface area contributed by atoms with Crippen LogP contribution < -0.4 is 5.32 Å². The summed E-state index contributed by atoms with van der Waals surface area (Å²) in [6, 6.07) is 0. The number of nitrogens with one attached hydrogen (secondary N) is 1. The summed E-state index contributed by atoms with van der Waals surface area (Å²) in [6.07, 6.45) is 1.79. The molecule has 0 aromatic carbocycles. The Morgan fingerprint density at radius 3 is 3.14 bits per heavy atom. The van der Waals surface area contributed by atoms with Crippen molar-refractivity contribution in [2.24, 2.45) is 9.98 Å². The Morgan fingerprint density at radius 2 is 2.86 bits per heavy atom. The predicted molar refractivity (Wildman–Crippen MR) is 29.9 cm³/mol. The Kier molecular flexibility index (Phi) is 1.06. The molecule has 1 aliphatic heterocycles. The van der Waals surface area contributed by atoms with E-state index in [1.54, 1.807) is 13.3 Å². The van der Waals surface area contributed by atoms with Gasteiger partial charge in [0, 0.05) is 13.3 Å². The summed E-state index contributed by atoms with van der Waals surface area (Å²) in [4.78, 5) is 7.66. The van der Waals surface area contributed by atoms with Crippen LogP contribution in [0.2, 0.25) is 0 Å². The number of hydrogen-bond acceptors (Lipinski definition) is 1. The third-order valence-corrected chi connectivity index (χ3v) is 0.777. The summed E-state index contributed by atoms with van der Waals surface area (Å²) in [7, 11) is 1.71. The quantitative estimate of drug-likeness (QED) is 0.440. The maximum atomic E-state index is 3.87. The van der Waals surface area contributed by atoms with Gasteiger partial charge in [-0.15, -0.1) is 0 Å². The van der Waals surface area contributed by atoms with Crippen molar-refractivity contribution in [2.45, 2.75) is 0 Å². The fourth-order valence-corrected chi connectivity index (χ4v) is 0.451. The van der Waals surface area contributed by atoms with E-state index in [0.717, 1.165) is 12.5 Å². The standard InChI is InChI=1S/C4H7N3/c1-5-4-6-2-3-7-4/h2H,3H2,1H3,(H,5,7). The van der Waals surface area contributed by atoms with Crippen LogP contribution in [0.3, 0.4) is 0 Å². The lowest BCUT2D eigenvalue weighted by atomic mass is 10.8. The number of aliphatic imine (C=N–C) groups is 2. The van der Waals surface area contributed by atoms with Crippen LogP contribution in [0, 0.1) is 0 Å². The normalized spacial score (nSPS) is 23.3. The molecule has 1 rings (SSSR count). The zero-order valence-electron chi connectivity index (χ0n) is 4.18. The fraction of sp³-hybridized carbons (Fsp3) is 0.500. The van der Waals surface area contributed by atoms with Crippen LogP contribution in [0.25, 0.3) is 0 Å². The van der Waals surface area contributed by atoms with Gasteiger partial charge in [-0.1, -0.05) is 0 Å². The molecular formula is C4H7N3. The molecule has 3 nitrogen and oxygen atoms in total. The van der Waals surface area contributed by atoms with Gasteiger partial charge in [-0.2, -0.15) is 0 Å². The molecule has 0 bridgehead atoms. The highest BCUT2D eigenvalue weighted by Gasteiger charge is 1.94. The molecule has 1 aliphatic rings. The van der Waals surface area contributed by atoms with Crippen LogP contribution in [0.15, 0.2) is 9.98 Å². The minimum Gasteiger partial charge on any atom is -0.350 e. The lowest BCUT2D eigenvalue weighted by Gasteiger charge is -1.87. The molecule has 0 amide bonds. The number of nitrogens with zero attached hydrogens (tertiary/aromatic N) is 2. The van der Waals surface area contributed by atoms with E-state index in [0.29, 0.717) is 0 Å². The Bertz CT molecular complexity index is 111. The zero-order chi connectivity index (χ0) is 5.11. The first-order valence-corrected chi connectivity index (χ1v) is 2.16. The van der Waals surface area contributed by atoms with Gasteiger partial charge in [0.2, 0.25) is 5.96 Å². The predicted octanol–water partition coefficient (Wildman–Crippen LogP) is -0.354. The van der Waals surface area contributed by atoms with Crippen LogP contribution in [0.5, 0.6) is 0 Å². The molecule has 0 aliphatic carbocycles. The third-order valence-electron chi connectivity index (χ3n) is 0.777. The van der Waals surface area contributed by atoms with Crippen molar-refractivity contribution < 1.29 is 0 Å². The van der Waals surface area contributed by atoms with E-state index < -0.39 is 0 Å². The highest BCUT2D eigenvalue weighted by Crippen LogP contribution is 1.77. The van der Waals surface area contributed by atoms with Crippen molar-refractivity contribution in [2.75, 3.05) is 13.6 Å². The summed E-state index contributed by atoms with van der Waals surface area (Å²) in [5.41, 5.74) is 0. The van der Waals surface area contributed by atoms with Gasteiger partial charge < -0.3 is 5.32 Å². The highest BCUT2D eigenvalue weighted by atomic mass is 15.2. The van der Waals surface area contributed by atoms with Gasteiger partial charge in [-0.25, -0.2) is 4.99 Å².